The molecule has 0 radical (unpaired) electrons. The van der Waals surface area contributed by atoms with Crippen molar-refractivity contribution in [3.8, 4) is 5.75 Å². The second-order valence-corrected chi connectivity index (χ2v) is 4.53. The van der Waals surface area contributed by atoms with Crippen molar-refractivity contribution in [3.05, 3.63) is 39.4 Å². The van der Waals surface area contributed by atoms with Crippen LogP contribution in [0.25, 0.3) is 0 Å². The molecule has 0 aliphatic heterocycles. The third kappa shape index (κ3) is 4.09. The summed E-state index contributed by atoms with van der Waals surface area (Å²) in [5.41, 5.74) is 0.194. The Morgan fingerprint density at radius 2 is 1.83 bits per heavy atom. The highest BCUT2D eigenvalue weighted by Crippen LogP contribution is 2.33. The third-order valence-electron chi connectivity index (χ3n) is 1.94. The summed E-state index contributed by atoms with van der Waals surface area (Å²) in [5.74, 6) is -0.176. The zero-order valence-corrected chi connectivity index (χ0v) is 11.9. The van der Waals surface area contributed by atoms with E-state index in [1.54, 1.807) is 6.92 Å². The fourth-order valence-electron chi connectivity index (χ4n) is 1.07. The van der Waals surface area contributed by atoms with E-state index in [2.05, 4.69) is 6.58 Å². The summed E-state index contributed by atoms with van der Waals surface area (Å²) in [4.78, 5) is 11.3. The third-order valence-corrected chi connectivity index (χ3v) is 2.96. The number of esters is 1. The Kier molecular flexibility index (Phi) is 5.79. The summed E-state index contributed by atoms with van der Waals surface area (Å²) >= 11 is 17.5. The molecule has 6 heteroatoms. The number of rotatable bonds is 5. The fourth-order valence-corrected chi connectivity index (χ4v) is 1.66. The van der Waals surface area contributed by atoms with E-state index in [4.69, 9.17) is 44.3 Å². The van der Waals surface area contributed by atoms with E-state index >= 15 is 0 Å². The van der Waals surface area contributed by atoms with E-state index in [1.807, 2.05) is 0 Å². The Labute approximate surface area is 120 Å². The monoisotopic (exact) mass is 308 g/mol. The van der Waals surface area contributed by atoms with Gasteiger partial charge in [0.15, 0.2) is 0 Å². The smallest absolute Gasteiger partial charge is 0.336 e. The van der Waals surface area contributed by atoms with Crippen LogP contribution in [0.3, 0.4) is 0 Å². The Balaban J connectivity index is 2.67. The molecule has 0 amide bonds. The van der Waals surface area contributed by atoms with E-state index in [0.717, 1.165) is 0 Å². The zero-order valence-electron chi connectivity index (χ0n) is 9.63. The molecular weight excluding hydrogens is 298 g/mol. The highest BCUT2D eigenvalue weighted by molar-refractivity contribution is 6.43. The van der Waals surface area contributed by atoms with E-state index in [9.17, 15) is 4.79 Å². The Hall–Kier alpha value is -0.900. The number of benzene rings is 1. The maximum Gasteiger partial charge on any atom is 0.336 e. The van der Waals surface area contributed by atoms with Crippen molar-refractivity contribution in [1.82, 2.24) is 0 Å². The molecule has 0 fully saturated rings. The van der Waals surface area contributed by atoms with E-state index < -0.39 is 5.97 Å². The second-order valence-electron chi connectivity index (χ2n) is 3.31. The van der Waals surface area contributed by atoms with Gasteiger partial charge >= 0.3 is 5.97 Å². The van der Waals surface area contributed by atoms with Crippen molar-refractivity contribution >= 4 is 40.8 Å². The van der Waals surface area contributed by atoms with Crippen LogP contribution < -0.4 is 4.74 Å². The molecule has 1 aromatic rings. The minimum Gasteiger partial charge on any atom is -0.487 e. The van der Waals surface area contributed by atoms with Gasteiger partial charge in [0.05, 0.1) is 27.2 Å². The van der Waals surface area contributed by atoms with Crippen LogP contribution in [0.4, 0.5) is 0 Å². The number of carbonyl (C=O) groups is 1. The molecule has 0 atom stereocenters. The molecule has 0 saturated heterocycles. The van der Waals surface area contributed by atoms with E-state index in [0.29, 0.717) is 20.8 Å². The first-order chi connectivity index (χ1) is 8.45. The van der Waals surface area contributed by atoms with Crippen molar-refractivity contribution in [2.45, 2.75) is 6.92 Å². The van der Waals surface area contributed by atoms with Crippen LogP contribution in [-0.2, 0) is 9.53 Å². The predicted molar refractivity (Wildman–Crippen MR) is 72.7 cm³/mol. The van der Waals surface area contributed by atoms with Gasteiger partial charge in [-0.15, -0.1) is 0 Å². The largest absolute Gasteiger partial charge is 0.487 e. The molecule has 0 aliphatic carbocycles. The molecule has 0 bridgehead atoms. The molecule has 0 aromatic heterocycles. The van der Waals surface area contributed by atoms with Crippen molar-refractivity contribution in [3.63, 3.8) is 0 Å². The van der Waals surface area contributed by atoms with E-state index in [-0.39, 0.29) is 18.8 Å². The SMILES string of the molecule is C=C(COc1cc(Cl)c(Cl)cc1Cl)C(=O)OCC. The second kappa shape index (κ2) is 6.88. The van der Waals surface area contributed by atoms with Crippen molar-refractivity contribution < 1.29 is 14.3 Å². The number of halogens is 3. The highest BCUT2D eigenvalue weighted by Gasteiger charge is 2.11. The first kappa shape index (κ1) is 15.2. The number of hydrogen-bond acceptors (Lipinski definition) is 3. The fraction of sp³-hybridized carbons (Fsp3) is 0.250. The normalized spacial score (nSPS) is 10.0. The summed E-state index contributed by atoms with van der Waals surface area (Å²) in [6.45, 7) is 5.52. The number of hydrogen-bond donors (Lipinski definition) is 0. The van der Waals surface area contributed by atoms with Crippen LogP contribution in [-0.4, -0.2) is 19.2 Å². The lowest BCUT2D eigenvalue weighted by atomic mass is 10.3. The van der Waals surface area contributed by atoms with Gasteiger partial charge in [0.2, 0.25) is 0 Å². The summed E-state index contributed by atoms with van der Waals surface area (Å²) in [6, 6.07) is 2.94. The van der Waals surface area contributed by atoms with Crippen LogP contribution in [0, 0.1) is 0 Å². The quantitative estimate of drug-likeness (QED) is 0.466. The van der Waals surface area contributed by atoms with Crippen LogP contribution in [0.15, 0.2) is 24.3 Å². The predicted octanol–water partition coefficient (Wildman–Crippen LogP) is 4.14. The summed E-state index contributed by atoms with van der Waals surface area (Å²) < 4.78 is 10.1. The topological polar surface area (TPSA) is 35.5 Å². The van der Waals surface area contributed by atoms with Gasteiger partial charge < -0.3 is 9.47 Å². The molecule has 1 aromatic carbocycles. The van der Waals surface area contributed by atoms with Crippen molar-refractivity contribution in [1.29, 1.82) is 0 Å². The summed E-state index contributed by atoms with van der Waals surface area (Å²) in [6.07, 6.45) is 0. The Morgan fingerprint density at radius 1 is 1.22 bits per heavy atom. The Bertz CT molecular complexity index is 472. The molecule has 0 spiro atoms. The zero-order chi connectivity index (χ0) is 13.7. The summed E-state index contributed by atoms with van der Waals surface area (Å²) in [7, 11) is 0. The molecule has 0 saturated carbocycles. The van der Waals surface area contributed by atoms with E-state index in [1.165, 1.54) is 12.1 Å². The average Bonchev–Trinajstić information content (AvgIpc) is 2.32. The molecular formula is C12H11Cl3O3. The molecule has 0 heterocycles. The molecule has 18 heavy (non-hydrogen) atoms. The van der Waals surface area contributed by atoms with Crippen LogP contribution in [0.2, 0.25) is 15.1 Å². The minimum atomic E-state index is -0.506. The molecule has 0 N–H and O–H groups in total. The van der Waals surface area contributed by atoms with Crippen LogP contribution in [0.1, 0.15) is 6.92 Å². The van der Waals surface area contributed by atoms with Gasteiger partial charge in [-0.2, -0.15) is 0 Å². The van der Waals surface area contributed by atoms with Gasteiger partial charge in [-0.25, -0.2) is 4.79 Å². The van der Waals surface area contributed by atoms with Gasteiger partial charge in [-0.3, -0.25) is 0 Å². The lowest BCUT2D eigenvalue weighted by Crippen LogP contribution is -2.13. The first-order valence-electron chi connectivity index (χ1n) is 5.08. The standard InChI is InChI=1S/C12H11Cl3O3/c1-3-17-12(16)7(2)6-18-11-5-9(14)8(13)4-10(11)15/h4-5H,2-3,6H2,1H3. The molecule has 0 aliphatic rings. The lowest BCUT2D eigenvalue weighted by molar-refractivity contribution is -0.138. The van der Waals surface area contributed by atoms with Gasteiger partial charge in [0, 0.05) is 6.07 Å². The van der Waals surface area contributed by atoms with Crippen LogP contribution in [0.5, 0.6) is 5.75 Å². The lowest BCUT2D eigenvalue weighted by Gasteiger charge is -2.10. The number of carbonyl (C=O) groups excluding carboxylic acids is 1. The van der Waals surface area contributed by atoms with Gasteiger partial charge in [-0.1, -0.05) is 41.4 Å². The van der Waals surface area contributed by atoms with Crippen molar-refractivity contribution in [2.75, 3.05) is 13.2 Å². The Morgan fingerprint density at radius 3 is 2.44 bits per heavy atom. The summed E-state index contributed by atoms with van der Waals surface area (Å²) in [5, 5.41) is 0.956. The molecule has 98 valence electrons. The average molecular weight is 310 g/mol. The maximum atomic E-state index is 11.3. The first-order valence-corrected chi connectivity index (χ1v) is 6.21. The van der Waals surface area contributed by atoms with Crippen LogP contribution >= 0.6 is 34.8 Å². The molecule has 1 rings (SSSR count). The van der Waals surface area contributed by atoms with Gasteiger partial charge in [0.1, 0.15) is 12.4 Å². The molecule has 0 unspecified atom stereocenters. The highest BCUT2D eigenvalue weighted by atomic mass is 35.5. The van der Waals surface area contributed by atoms with Gasteiger partial charge in [-0.05, 0) is 13.0 Å². The van der Waals surface area contributed by atoms with Crippen molar-refractivity contribution in [2.24, 2.45) is 0 Å². The number of ether oxygens (including phenoxy) is 2. The molecule has 3 nitrogen and oxygen atoms in total. The maximum absolute atomic E-state index is 11.3. The van der Waals surface area contributed by atoms with Gasteiger partial charge in [0.25, 0.3) is 0 Å². The minimum absolute atomic E-state index is 0.0312.